The molecule has 0 amide bonds. The van der Waals surface area contributed by atoms with Gasteiger partial charge in [-0.2, -0.15) is 0 Å². The lowest BCUT2D eigenvalue weighted by molar-refractivity contribution is 0.0695. The van der Waals surface area contributed by atoms with E-state index >= 15 is 0 Å². The summed E-state index contributed by atoms with van der Waals surface area (Å²) in [6.07, 6.45) is 6.13. The van der Waals surface area contributed by atoms with E-state index in [9.17, 15) is 9.59 Å². The average molecular weight is 249 g/mol. The maximum Gasteiger partial charge on any atom is 0.337 e. The Morgan fingerprint density at radius 2 is 2.00 bits per heavy atom. The smallest absolute Gasteiger partial charge is 0.337 e. The van der Waals surface area contributed by atoms with Gasteiger partial charge in [-0.15, -0.1) is 0 Å². The second kappa shape index (κ2) is 5.38. The molecule has 18 heavy (non-hydrogen) atoms. The van der Waals surface area contributed by atoms with Crippen LogP contribution in [0.1, 0.15) is 43.0 Å². The van der Waals surface area contributed by atoms with Gasteiger partial charge in [0.25, 0.3) is 5.56 Å². The molecule has 1 saturated carbocycles. The van der Waals surface area contributed by atoms with E-state index in [4.69, 9.17) is 5.11 Å². The number of nitrogens with zero attached hydrogens (tertiary/aromatic N) is 1. The van der Waals surface area contributed by atoms with E-state index in [2.05, 4.69) is 6.92 Å². The third-order valence-electron chi connectivity index (χ3n) is 3.82. The Hall–Kier alpha value is -1.58. The van der Waals surface area contributed by atoms with Crippen molar-refractivity contribution in [1.29, 1.82) is 0 Å². The molecular formula is C14H19NO3. The van der Waals surface area contributed by atoms with Crippen LogP contribution in [-0.2, 0) is 6.54 Å². The fraction of sp³-hybridized carbons (Fsp3) is 0.571. The number of carboxylic acids is 1. The quantitative estimate of drug-likeness (QED) is 0.894. The fourth-order valence-corrected chi connectivity index (χ4v) is 2.59. The topological polar surface area (TPSA) is 59.3 Å². The second-order valence-electron chi connectivity index (χ2n) is 5.34. The molecule has 1 aromatic rings. The molecule has 0 radical (unpaired) electrons. The molecule has 0 saturated heterocycles. The predicted octanol–water partition coefficient (Wildman–Crippen LogP) is 2.37. The highest BCUT2D eigenvalue weighted by atomic mass is 16.4. The normalized spacial score (nSPS) is 23.8. The van der Waals surface area contributed by atoms with Gasteiger partial charge in [-0.25, -0.2) is 4.79 Å². The van der Waals surface area contributed by atoms with Gasteiger partial charge >= 0.3 is 5.97 Å². The Labute approximate surface area is 106 Å². The highest BCUT2D eigenvalue weighted by molar-refractivity contribution is 5.87. The number of carboxylic acid groups (broad SMARTS) is 1. The van der Waals surface area contributed by atoms with Crippen LogP contribution in [0.25, 0.3) is 0 Å². The van der Waals surface area contributed by atoms with Crippen molar-refractivity contribution in [2.24, 2.45) is 11.8 Å². The minimum absolute atomic E-state index is 0.112. The van der Waals surface area contributed by atoms with E-state index in [1.807, 2.05) is 0 Å². The van der Waals surface area contributed by atoms with Crippen molar-refractivity contribution in [2.75, 3.05) is 0 Å². The molecular weight excluding hydrogens is 230 g/mol. The maximum atomic E-state index is 11.7. The first-order valence-corrected chi connectivity index (χ1v) is 6.50. The van der Waals surface area contributed by atoms with Crippen LogP contribution in [-0.4, -0.2) is 15.6 Å². The van der Waals surface area contributed by atoms with Crippen LogP contribution in [0, 0.1) is 11.8 Å². The molecule has 0 atom stereocenters. The van der Waals surface area contributed by atoms with Gasteiger partial charge in [-0.05, 0) is 30.7 Å². The van der Waals surface area contributed by atoms with Crippen LogP contribution >= 0.6 is 0 Å². The summed E-state index contributed by atoms with van der Waals surface area (Å²) in [5.74, 6) is 0.298. The van der Waals surface area contributed by atoms with Gasteiger partial charge in [-0.1, -0.05) is 19.8 Å². The van der Waals surface area contributed by atoms with Crippen LogP contribution < -0.4 is 5.56 Å². The lowest BCUT2D eigenvalue weighted by Crippen LogP contribution is -2.26. The highest BCUT2D eigenvalue weighted by Gasteiger charge is 2.19. The first-order chi connectivity index (χ1) is 8.56. The molecule has 1 aliphatic carbocycles. The molecule has 2 rings (SSSR count). The third-order valence-corrected chi connectivity index (χ3v) is 3.82. The summed E-state index contributed by atoms with van der Waals surface area (Å²) in [6, 6.07) is 2.71. The van der Waals surface area contributed by atoms with E-state index < -0.39 is 5.97 Å². The monoisotopic (exact) mass is 249 g/mol. The number of hydrogen-bond donors (Lipinski definition) is 1. The molecule has 1 fully saturated rings. The lowest BCUT2D eigenvalue weighted by atomic mass is 9.83. The molecule has 1 aliphatic rings. The first kappa shape index (κ1) is 12.9. The average Bonchev–Trinajstić information content (AvgIpc) is 2.34. The molecule has 0 aliphatic heterocycles. The minimum atomic E-state index is -0.985. The van der Waals surface area contributed by atoms with Gasteiger partial charge in [0.05, 0.1) is 5.56 Å². The molecule has 4 heteroatoms. The Morgan fingerprint density at radius 3 is 2.61 bits per heavy atom. The van der Waals surface area contributed by atoms with Gasteiger partial charge in [0.1, 0.15) is 0 Å². The zero-order valence-electron chi connectivity index (χ0n) is 10.6. The molecule has 0 unspecified atom stereocenters. The van der Waals surface area contributed by atoms with Crippen molar-refractivity contribution >= 4 is 5.97 Å². The Kier molecular flexibility index (Phi) is 3.84. The molecule has 4 nitrogen and oxygen atoms in total. The summed E-state index contributed by atoms with van der Waals surface area (Å²) in [7, 11) is 0. The second-order valence-corrected chi connectivity index (χ2v) is 5.34. The molecule has 0 spiro atoms. The number of aromatic carboxylic acids is 1. The van der Waals surface area contributed by atoms with Crippen LogP contribution in [0.3, 0.4) is 0 Å². The molecule has 1 N–H and O–H groups in total. The largest absolute Gasteiger partial charge is 0.478 e. The standard InChI is InChI=1S/C14H19NO3/c1-10-2-4-11(5-3-10)8-15-9-12(14(17)18)6-7-13(15)16/h6-7,9-11H,2-5,8H2,1H3,(H,17,18). The van der Waals surface area contributed by atoms with Crippen molar-refractivity contribution in [3.63, 3.8) is 0 Å². The predicted molar refractivity (Wildman–Crippen MR) is 68.8 cm³/mol. The Morgan fingerprint density at radius 1 is 1.33 bits per heavy atom. The van der Waals surface area contributed by atoms with Crippen molar-refractivity contribution in [3.05, 3.63) is 34.2 Å². The van der Waals surface area contributed by atoms with Crippen LogP contribution in [0.4, 0.5) is 0 Å². The fourth-order valence-electron chi connectivity index (χ4n) is 2.59. The number of rotatable bonds is 3. The van der Waals surface area contributed by atoms with Gasteiger partial charge in [-0.3, -0.25) is 4.79 Å². The van der Waals surface area contributed by atoms with E-state index in [1.165, 1.54) is 31.2 Å². The third kappa shape index (κ3) is 3.00. The summed E-state index contributed by atoms with van der Waals surface area (Å²) in [5, 5.41) is 8.93. The van der Waals surface area contributed by atoms with Gasteiger partial charge in [0.2, 0.25) is 0 Å². The summed E-state index contributed by atoms with van der Waals surface area (Å²) in [5.41, 5.74) is 0.0670. The van der Waals surface area contributed by atoms with E-state index in [1.54, 1.807) is 4.57 Å². The van der Waals surface area contributed by atoms with Gasteiger partial charge in [0.15, 0.2) is 0 Å². The first-order valence-electron chi connectivity index (χ1n) is 6.50. The summed E-state index contributed by atoms with van der Waals surface area (Å²) < 4.78 is 1.55. The zero-order chi connectivity index (χ0) is 13.1. The molecule has 1 aromatic heterocycles. The maximum absolute atomic E-state index is 11.7. The van der Waals surface area contributed by atoms with Gasteiger partial charge in [0, 0.05) is 18.8 Å². The van der Waals surface area contributed by atoms with Crippen molar-refractivity contribution in [3.8, 4) is 0 Å². The molecule has 0 bridgehead atoms. The molecule has 98 valence electrons. The van der Waals surface area contributed by atoms with Crippen LogP contribution in [0.2, 0.25) is 0 Å². The number of carbonyl (C=O) groups is 1. The Bertz CT molecular complexity index is 484. The summed E-state index contributed by atoms with van der Waals surface area (Å²) in [6.45, 7) is 2.90. The van der Waals surface area contributed by atoms with E-state index in [0.29, 0.717) is 12.5 Å². The van der Waals surface area contributed by atoms with E-state index in [0.717, 1.165) is 18.8 Å². The SMILES string of the molecule is CC1CCC(Cn2cc(C(=O)O)ccc2=O)CC1. The van der Waals surface area contributed by atoms with Gasteiger partial charge < -0.3 is 9.67 Å². The van der Waals surface area contributed by atoms with Crippen LogP contribution in [0.5, 0.6) is 0 Å². The van der Waals surface area contributed by atoms with E-state index in [-0.39, 0.29) is 11.1 Å². The summed E-state index contributed by atoms with van der Waals surface area (Å²) in [4.78, 5) is 22.6. The number of hydrogen-bond acceptors (Lipinski definition) is 2. The lowest BCUT2D eigenvalue weighted by Gasteiger charge is -2.26. The molecule has 1 heterocycles. The molecule has 0 aromatic carbocycles. The minimum Gasteiger partial charge on any atom is -0.478 e. The Balaban J connectivity index is 2.11. The van der Waals surface area contributed by atoms with Crippen molar-refractivity contribution in [1.82, 2.24) is 4.57 Å². The van der Waals surface area contributed by atoms with Crippen molar-refractivity contribution in [2.45, 2.75) is 39.2 Å². The van der Waals surface area contributed by atoms with Crippen molar-refractivity contribution < 1.29 is 9.90 Å². The zero-order valence-corrected chi connectivity index (χ0v) is 10.6. The number of aromatic nitrogens is 1. The highest BCUT2D eigenvalue weighted by Crippen LogP contribution is 2.28. The number of pyridine rings is 1. The van der Waals surface area contributed by atoms with Crippen LogP contribution in [0.15, 0.2) is 23.1 Å². The summed E-state index contributed by atoms with van der Waals surface area (Å²) >= 11 is 0.